The van der Waals surface area contributed by atoms with Crippen LogP contribution in [0.2, 0.25) is 0 Å². The van der Waals surface area contributed by atoms with E-state index < -0.39 is 60.2 Å². The first-order chi connectivity index (χ1) is 15.6. The number of hydrogen-bond donors (Lipinski definition) is 1. The molecule has 0 spiro atoms. The second kappa shape index (κ2) is 9.86. The monoisotopic (exact) mass is 464 g/mol. The Bertz CT molecular complexity index is 1120. The smallest absolute Gasteiger partial charge is 0.422 e. The summed E-state index contributed by atoms with van der Waals surface area (Å²) < 4.78 is 28.3. The van der Waals surface area contributed by atoms with Crippen molar-refractivity contribution in [3.63, 3.8) is 0 Å². The molecule has 2 heterocycles. The van der Waals surface area contributed by atoms with Crippen LogP contribution < -0.4 is 11.1 Å². The summed E-state index contributed by atoms with van der Waals surface area (Å²) >= 11 is 0. The van der Waals surface area contributed by atoms with Crippen molar-refractivity contribution < 1.29 is 42.5 Å². The van der Waals surface area contributed by atoms with Crippen molar-refractivity contribution >= 4 is 34.9 Å². The van der Waals surface area contributed by atoms with E-state index in [1.807, 2.05) is 0 Å². The molecule has 1 saturated heterocycles. The molecule has 178 valence electrons. The average molecular weight is 464 g/mol. The molecule has 5 atom stereocenters. The van der Waals surface area contributed by atoms with Crippen molar-refractivity contribution in [2.45, 2.75) is 58.3 Å². The summed E-state index contributed by atoms with van der Waals surface area (Å²) in [5.41, 5.74) is 0.608. The summed E-state index contributed by atoms with van der Waals surface area (Å²) in [4.78, 5) is 60.0. The van der Waals surface area contributed by atoms with Gasteiger partial charge in [-0.25, -0.2) is 9.36 Å². The lowest BCUT2D eigenvalue weighted by Crippen LogP contribution is -2.64. The van der Waals surface area contributed by atoms with Crippen LogP contribution >= 0.6 is 0 Å². The Kier molecular flexibility index (Phi) is 7.16. The highest BCUT2D eigenvalue weighted by atomic mass is 16.6. The number of carbonyl (C=O) groups is 4. The lowest BCUT2D eigenvalue weighted by molar-refractivity contribution is -0.237. The van der Waals surface area contributed by atoms with E-state index >= 15 is 0 Å². The van der Waals surface area contributed by atoms with Gasteiger partial charge in [0.2, 0.25) is 5.91 Å². The number of oxazole rings is 1. The molecule has 0 bridgehead atoms. The van der Waals surface area contributed by atoms with Gasteiger partial charge in [-0.3, -0.25) is 19.2 Å². The van der Waals surface area contributed by atoms with Gasteiger partial charge in [-0.05, 0) is 12.1 Å². The highest BCUT2D eigenvalue weighted by Crippen LogP contribution is 2.34. The number of amides is 1. The molecular weight excluding hydrogens is 440 g/mol. The fourth-order valence-corrected chi connectivity index (χ4v) is 3.75. The van der Waals surface area contributed by atoms with Gasteiger partial charge in [0.25, 0.3) is 0 Å². The van der Waals surface area contributed by atoms with Crippen molar-refractivity contribution in [1.82, 2.24) is 9.88 Å². The minimum atomic E-state index is -1.28. The van der Waals surface area contributed by atoms with Crippen LogP contribution in [0.25, 0.3) is 11.1 Å². The van der Waals surface area contributed by atoms with Crippen molar-refractivity contribution in [3.05, 3.63) is 34.8 Å². The number of hydrogen-bond acceptors (Lipinski definition) is 10. The third-order valence-electron chi connectivity index (χ3n) is 4.86. The first kappa shape index (κ1) is 24.0. The molecule has 0 saturated carbocycles. The van der Waals surface area contributed by atoms with Crippen LogP contribution in [0.15, 0.2) is 33.5 Å². The van der Waals surface area contributed by atoms with Gasteiger partial charge in [0.15, 0.2) is 24.0 Å². The van der Waals surface area contributed by atoms with E-state index in [1.165, 1.54) is 13.8 Å². The summed E-state index contributed by atoms with van der Waals surface area (Å²) in [5.74, 6) is -3.40. The Hall–Kier alpha value is -3.67. The lowest BCUT2D eigenvalue weighted by atomic mass is 9.94. The number of nitrogens with zero attached hydrogens (tertiary/aromatic N) is 1. The number of esters is 3. The first-order valence-electron chi connectivity index (χ1n) is 10.1. The van der Waals surface area contributed by atoms with Gasteiger partial charge in [0.05, 0.1) is 5.52 Å². The molecular formula is C21H24N2O10. The molecule has 1 aliphatic rings. The summed E-state index contributed by atoms with van der Waals surface area (Å²) in [5, 5.41) is 2.61. The molecule has 1 aromatic heterocycles. The fraction of sp³-hybridized carbons (Fsp3) is 0.476. The van der Waals surface area contributed by atoms with Crippen molar-refractivity contribution in [1.29, 1.82) is 0 Å². The maximum Gasteiger partial charge on any atom is 0.422 e. The van der Waals surface area contributed by atoms with Gasteiger partial charge in [-0.2, -0.15) is 0 Å². The molecule has 12 heteroatoms. The average Bonchev–Trinajstić information content (AvgIpc) is 3.04. The van der Waals surface area contributed by atoms with Gasteiger partial charge in [-0.15, -0.1) is 0 Å². The molecule has 1 aliphatic heterocycles. The lowest BCUT2D eigenvalue weighted by Gasteiger charge is -2.45. The van der Waals surface area contributed by atoms with Crippen LogP contribution in [0.1, 0.15) is 33.9 Å². The number of aromatic nitrogens is 1. The normalized spacial score (nSPS) is 24.7. The largest absolute Gasteiger partial charge is 0.463 e. The van der Waals surface area contributed by atoms with Crippen LogP contribution in [0.5, 0.6) is 0 Å². The van der Waals surface area contributed by atoms with Gasteiger partial charge < -0.3 is 28.7 Å². The van der Waals surface area contributed by atoms with Gasteiger partial charge in [-0.1, -0.05) is 12.1 Å². The molecule has 1 fully saturated rings. The quantitative estimate of drug-likeness (QED) is 0.470. The van der Waals surface area contributed by atoms with Crippen LogP contribution in [0, 0.1) is 0 Å². The SMILES string of the molecule is CC(=O)N[C@@H]1[C@H](OC(C)=O)[C@H](OC(C)=O)[C@H](COC(C)=O)O[C@@H]1n1c(=O)oc2ccccc21. The predicted molar refractivity (Wildman–Crippen MR) is 110 cm³/mol. The van der Waals surface area contributed by atoms with Crippen molar-refractivity contribution in [3.8, 4) is 0 Å². The summed E-state index contributed by atoms with van der Waals surface area (Å²) in [7, 11) is 0. The zero-order chi connectivity index (χ0) is 24.3. The Balaban J connectivity index is 2.16. The van der Waals surface area contributed by atoms with E-state index in [0.717, 1.165) is 18.4 Å². The second-order valence-electron chi connectivity index (χ2n) is 7.45. The summed E-state index contributed by atoms with van der Waals surface area (Å²) in [6.45, 7) is 4.31. The molecule has 0 aliphatic carbocycles. The van der Waals surface area contributed by atoms with Crippen molar-refractivity contribution in [2.75, 3.05) is 6.61 Å². The molecule has 1 aromatic carbocycles. The van der Waals surface area contributed by atoms with E-state index in [9.17, 15) is 24.0 Å². The van der Waals surface area contributed by atoms with E-state index in [4.69, 9.17) is 23.4 Å². The fourth-order valence-electron chi connectivity index (χ4n) is 3.75. The van der Waals surface area contributed by atoms with E-state index in [-0.39, 0.29) is 12.2 Å². The minimum absolute atomic E-state index is 0.260. The highest BCUT2D eigenvalue weighted by Gasteiger charge is 2.52. The number of benzene rings is 1. The number of ether oxygens (including phenoxy) is 4. The van der Waals surface area contributed by atoms with Crippen LogP contribution in [0.4, 0.5) is 0 Å². The number of para-hydroxylation sites is 2. The van der Waals surface area contributed by atoms with Gasteiger partial charge in [0, 0.05) is 27.7 Å². The minimum Gasteiger partial charge on any atom is -0.463 e. The molecule has 3 rings (SSSR count). The number of nitrogens with one attached hydrogen (secondary N) is 1. The van der Waals surface area contributed by atoms with Crippen LogP contribution in [-0.2, 0) is 38.1 Å². The van der Waals surface area contributed by atoms with Gasteiger partial charge >= 0.3 is 23.7 Å². The topological polar surface area (TPSA) is 152 Å². The molecule has 0 radical (unpaired) electrons. The van der Waals surface area contributed by atoms with E-state index in [2.05, 4.69) is 5.32 Å². The predicted octanol–water partition coefficient (Wildman–Crippen LogP) is 0.423. The molecule has 12 nitrogen and oxygen atoms in total. The summed E-state index contributed by atoms with van der Waals surface area (Å²) in [6.07, 6.45) is -4.94. The molecule has 1 N–H and O–H groups in total. The zero-order valence-corrected chi connectivity index (χ0v) is 18.4. The molecule has 0 unspecified atom stereocenters. The van der Waals surface area contributed by atoms with Crippen LogP contribution in [-0.4, -0.2) is 59.3 Å². The highest BCUT2D eigenvalue weighted by molar-refractivity contribution is 5.75. The third-order valence-corrected chi connectivity index (χ3v) is 4.86. The number of carbonyl (C=O) groups excluding carboxylic acids is 4. The third kappa shape index (κ3) is 5.40. The maximum absolute atomic E-state index is 12.8. The molecule has 1 amide bonds. The molecule has 2 aromatic rings. The van der Waals surface area contributed by atoms with E-state index in [0.29, 0.717) is 5.52 Å². The molecule has 33 heavy (non-hydrogen) atoms. The Labute approximate surface area is 187 Å². The first-order valence-corrected chi connectivity index (χ1v) is 10.1. The zero-order valence-electron chi connectivity index (χ0n) is 18.4. The Morgan fingerprint density at radius 3 is 2.21 bits per heavy atom. The number of fused-ring (bicyclic) bond motifs is 1. The van der Waals surface area contributed by atoms with Crippen molar-refractivity contribution in [2.24, 2.45) is 0 Å². The number of rotatable bonds is 6. The van der Waals surface area contributed by atoms with Gasteiger partial charge in [0.1, 0.15) is 18.8 Å². The maximum atomic E-state index is 12.8. The van der Waals surface area contributed by atoms with Crippen LogP contribution in [0.3, 0.4) is 0 Å². The standard InChI is InChI=1S/C21H24N2O10/c1-10(24)22-17-19(31-13(4)27)18(30-12(3)26)16(9-29-11(2)25)32-20(17)23-14-7-5-6-8-15(14)33-21(23)28/h5-8,16-20H,9H2,1-4H3,(H,22,24)/t16-,17+,18+,19-,20-/m0/s1. The summed E-state index contributed by atoms with van der Waals surface area (Å²) in [6, 6.07) is 5.36. The van der Waals surface area contributed by atoms with E-state index in [1.54, 1.807) is 24.3 Å². The Morgan fingerprint density at radius 2 is 1.61 bits per heavy atom. The second-order valence-corrected chi connectivity index (χ2v) is 7.45. The Morgan fingerprint density at radius 1 is 0.970 bits per heavy atom.